The van der Waals surface area contributed by atoms with Crippen molar-refractivity contribution in [1.82, 2.24) is 9.97 Å². The zero-order chi connectivity index (χ0) is 14.3. The topological polar surface area (TPSA) is 68.9 Å². The quantitative estimate of drug-likeness (QED) is 0.403. The summed E-state index contributed by atoms with van der Waals surface area (Å²) in [7, 11) is 0. The lowest BCUT2D eigenvalue weighted by molar-refractivity contribution is -0.384. The highest BCUT2D eigenvalue weighted by Gasteiger charge is 2.13. The molecule has 20 heavy (non-hydrogen) atoms. The zero-order valence-electron chi connectivity index (χ0n) is 10.3. The van der Waals surface area contributed by atoms with E-state index in [-0.39, 0.29) is 5.69 Å². The average Bonchev–Trinajstić information content (AvgIpc) is 2.84. The van der Waals surface area contributed by atoms with Crippen molar-refractivity contribution in [3.8, 4) is 11.4 Å². The molecule has 0 N–H and O–H groups in total. The Morgan fingerprint density at radius 1 is 1.30 bits per heavy atom. The van der Waals surface area contributed by atoms with Crippen molar-refractivity contribution in [3.63, 3.8) is 0 Å². The molecular formula is C13H8ClN3O2S. The lowest BCUT2D eigenvalue weighted by Gasteiger charge is -2.04. The fourth-order valence-corrected chi connectivity index (χ4v) is 2.97. The van der Waals surface area contributed by atoms with Gasteiger partial charge in [-0.05, 0) is 23.9 Å². The molecule has 0 saturated carbocycles. The molecular weight excluding hydrogens is 298 g/mol. The molecule has 0 bridgehead atoms. The second-order valence-corrected chi connectivity index (χ2v) is 5.37. The molecule has 3 rings (SSSR count). The van der Waals surface area contributed by atoms with Crippen LogP contribution in [0.2, 0.25) is 5.15 Å². The molecule has 0 aliphatic rings. The Balaban J connectivity index is 2.26. The van der Waals surface area contributed by atoms with Crippen molar-refractivity contribution in [2.45, 2.75) is 6.92 Å². The molecule has 0 radical (unpaired) electrons. The first-order valence-electron chi connectivity index (χ1n) is 5.71. The van der Waals surface area contributed by atoms with Gasteiger partial charge in [-0.1, -0.05) is 11.6 Å². The number of thiophene rings is 1. The Kier molecular flexibility index (Phi) is 3.11. The fourth-order valence-electron chi connectivity index (χ4n) is 1.90. The van der Waals surface area contributed by atoms with Gasteiger partial charge >= 0.3 is 0 Å². The molecule has 0 aliphatic heterocycles. The summed E-state index contributed by atoms with van der Waals surface area (Å²) in [5.74, 6) is 0.488. The third-order valence-corrected chi connectivity index (χ3v) is 4.09. The summed E-state index contributed by atoms with van der Waals surface area (Å²) < 4.78 is 0. The Morgan fingerprint density at radius 2 is 2.10 bits per heavy atom. The van der Waals surface area contributed by atoms with Crippen molar-refractivity contribution in [2.75, 3.05) is 0 Å². The molecule has 0 amide bonds. The number of rotatable bonds is 2. The van der Waals surface area contributed by atoms with Gasteiger partial charge in [-0.15, -0.1) is 0 Å². The molecule has 0 unspecified atom stereocenters. The highest BCUT2D eigenvalue weighted by Crippen LogP contribution is 2.30. The molecule has 100 valence electrons. The summed E-state index contributed by atoms with van der Waals surface area (Å²) in [6.07, 6.45) is 0. The monoisotopic (exact) mass is 305 g/mol. The standard InChI is InChI=1S/C13H8ClN3O2S/c1-7-5-20-6-10(7)13-15-11-4-8(17(18)19)2-3-9(11)12(14)16-13/h2-6H,1H3. The van der Waals surface area contributed by atoms with Gasteiger partial charge in [0.05, 0.1) is 10.4 Å². The van der Waals surface area contributed by atoms with Crippen molar-refractivity contribution < 1.29 is 4.92 Å². The number of aryl methyl sites for hydroxylation is 1. The van der Waals surface area contributed by atoms with E-state index in [1.165, 1.54) is 12.1 Å². The van der Waals surface area contributed by atoms with Gasteiger partial charge in [0.1, 0.15) is 5.15 Å². The van der Waals surface area contributed by atoms with E-state index in [2.05, 4.69) is 9.97 Å². The maximum Gasteiger partial charge on any atom is 0.271 e. The number of hydrogen-bond acceptors (Lipinski definition) is 5. The van der Waals surface area contributed by atoms with Crippen LogP contribution in [0.15, 0.2) is 29.0 Å². The van der Waals surface area contributed by atoms with Crippen LogP contribution < -0.4 is 0 Å². The van der Waals surface area contributed by atoms with Gasteiger partial charge in [0.2, 0.25) is 0 Å². The molecule has 0 spiro atoms. The minimum Gasteiger partial charge on any atom is -0.258 e. The third kappa shape index (κ3) is 2.13. The lowest BCUT2D eigenvalue weighted by atomic mass is 10.2. The van der Waals surface area contributed by atoms with E-state index in [9.17, 15) is 10.1 Å². The second kappa shape index (κ2) is 4.81. The van der Waals surface area contributed by atoms with Crippen molar-refractivity contribution in [3.05, 3.63) is 49.8 Å². The summed E-state index contributed by atoms with van der Waals surface area (Å²) in [6, 6.07) is 4.38. The summed E-state index contributed by atoms with van der Waals surface area (Å²) >= 11 is 7.69. The molecule has 0 aliphatic carbocycles. The van der Waals surface area contributed by atoms with E-state index in [1.807, 2.05) is 17.7 Å². The normalized spacial score (nSPS) is 10.9. The number of nitrogens with zero attached hydrogens (tertiary/aromatic N) is 3. The minimum atomic E-state index is -0.453. The summed E-state index contributed by atoms with van der Waals surface area (Å²) in [4.78, 5) is 19.0. The zero-order valence-corrected chi connectivity index (χ0v) is 11.9. The molecule has 7 heteroatoms. The summed E-state index contributed by atoms with van der Waals surface area (Å²) in [6.45, 7) is 1.96. The predicted octanol–water partition coefficient (Wildman–Crippen LogP) is 4.23. The summed E-state index contributed by atoms with van der Waals surface area (Å²) in [5.41, 5.74) is 2.40. The highest BCUT2D eigenvalue weighted by atomic mass is 35.5. The highest BCUT2D eigenvalue weighted by molar-refractivity contribution is 7.08. The summed E-state index contributed by atoms with van der Waals surface area (Å²) in [5, 5.41) is 15.7. The molecule has 0 saturated heterocycles. The van der Waals surface area contributed by atoms with Crippen LogP contribution in [-0.2, 0) is 0 Å². The van der Waals surface area contributed by atoms with Crippen LogP contribution in [0.5, 0.6) is 0 Å². The average molecular weight is 306 g/mol. The van der Waals surface area contributed by atoms with Crippen molar-refractivity contribution in [2.24, 2.45) is 0 Å². The molecule has 5 nitrogen and oxygen atoms in total. The first kappa shape index (κ1) is 13.0. The number of non-ortho nitro benzene ring substituents is 1. The Hall–Kier alpha value is -2.05. The maximum atomic E-state index is 10.8. The van der Waals surface area contributed by atoms with Gasteiger partial charge in [-0.3, -0.25) is 10.1 Å². The molecule has 0 fully saturated rings. The lowest BCUT2D eigenvalue weighted by Crippen LogP contribution is -1.94. The van der Waals surface area contributed by atoms with Gasteiger partial charge < -0.3 is 0 Å². The van der Waals surface area contributed by atoms with E-state index < -0.39 is 4.92 Å². The smallest absolute Gasteiger partial charge is 0.258 e. The number of fused-ring (bicyclic) bond motifs is 1. The largest absolute Gasteiger partial charge is 0.271 e. The van der Waals surface area contributed by atoms with Crippen LogP contribution in [0.3, 0.4) is 0 Å². The number of hydrogen-bond donors (Lipinski definition) is 0. The van der Waals surface area contributed by atoms with Gasteiger partial charge in [0, 0.05) is 28.5 Å². The van der Waals surface area contributed by atoms with Crippen LogP contribution in [0.25, 0.3) is 22.3 Å². The minimum absolute atomic E-state index is 0.0137. The Morgan fingerprint density at radius 3 is 2.75 bits per heavy atom. The first-order valence-corrected chi connectivity index (χ1v) is 7.03. The van der Waals surface area contributed by atoms with E-state index in [1.54, 1.807) is 17.4 Å². The van der Waals surface area contributed by atoms with Gasteiger partial charge in [-0.25, -0.2) is 9.97 Å². The SMILES string of the molecule is Cc1cscc1-c1nc(Cl)c2ccc([N+](=O)[O-])cc2n1. The van der Waals surface area contributed by atoms with Gasteiger partial charge in [0.25, 0.3) is 5.69 Å². The van der Waals surface area contributed by atoms with Crippen LogP contribution in [0, 0.1) is 17.0 Å². The molecule has 3 aromatic rings. The first-order chi connectivity index (χ1) is 9.56. The molecule has 0 atom stereocenters. The molecule has 1 aromatic carbocycles. The van der Waals surface area contributed by atoms with Gasteiger partial charge in [0.15, 0.2) is 5.82 Å². The fraction of sp³-hybridized carbons (Fsp3) is 0.0769. The number of nitro benzene ring substituents is 1. The van der Waals surface area contributed by atoms with Crippen molar-refractivity contribution >= 4 is 39.5 Å². The van der Waals surface area contributed by atoms with E-state index in [4.69, 9.17) is 11.6 Å². The number of benzene rings is 1. The van der Waals surface area contributed by atoms with Crippen LogP contribution in [0.4, 0.5) is 5.69 Å². The van der Waals surface area contributed by atoms with Crippen LogP contribution >= 0.6 is 22.9 Å². The maximum absolute atomic E-state index is 10.8. The Labute approximate surface area is 123 Å². The predicted molar refractivity (Wildman–Crippen MR) is 79.3 cm³/mol. The van der Waals surface area contributed by atoms with Crippen LogP contribution in [-0.4, -0.2) is 14.9 Å². The van der Waals surface area contributed by atoms with E-state index in [0.717, 1.165) is 11.1 Å². The Bertz CT molecular complexity index is 832. The number of nitro groups is 1. The molecule has 2 aromatic heterocycles. The van der Waals surface area contributed by atoms with Gasteiger partial charge in [-0.2, -0.15) is 11.3 Å². The van der Waals surface area contributed by atoms with Crippen molar-refractivity contribution in [1.29, 1.82) is 0 Å². The number of halogens is 1. The second-order valence-electron chi connectivity index (χ2n) is 4.27. The molecule has 2 heterocycles. The third-order valence-electron chi connectivity index (χ3n) is 2.94. The van der Waals surface area contributed by atoms with E-state index in [0.29, 0.717) is 21.9 Å². The van der Waals surface area contributed by atoms with E-state index >= 15 is 0 Å². The number of aromatic nitrogens is 2. The van der Waals surface area contributed by atoms with Crippen LogP contribution in [0.1, 0.15) is 5.56 Å².